The molecule has 0 aromatic heterocycles. The molecular weight excluding hydrogens is 180 g/mol. The highest BCUT2D eigenvalue weighted by molar-refractivity contribution is 5.62. The lowest BCUT2D eigenvalue weighted by atomic mass is 10.7. The Morgan fingerprint density at radius 1 is 1.38 bits per heavy atom. The van der Waals surface area contributed by atoms with Crippen LogP contribution in [0.25, 0.3) is 0 Å². The summed E-state index contributed by atoms with van der Waals surface area (Å²) in [5.41, 5.74) is 0. The van der Waals surface area contributed by atoms with Crippen LogP contribution in [0.1, 0.15) is 19.8 Å². The number of hydrogen-bond donors (Lipinski definition) is 1. The van der Waals surface area contributed by atoms with Gasteiger partial charge in [-0.15, -0.1) is 0 Å². The van der Waals surface area contributed by atoms with Crippen LogP contribution in [0.3, 0.4) is 0 Å². The molecule has 1 aliphatic rings. The monoisotopic (exact) mass is 190 g/mol. The molecular formula is C7H10O6. The average Bonchev–Trinajstić information content (AvgIpc) is 2.67. The Morgan fingerprint density at radius 2 is 2.00 bits per heavy atom. The van der Waals surface area contributed by atoms with E-state index in [2.05, 4.69) is 14.2 Å². The normalized spacial score (nSPS) is 17.3. The fourth-order valence-corrected chi connectivity index (χ4v) is 0.785. The molecule has 0 amide bonds. The molecule has 6 nitrogen and oxygen atoms in total. The Balaban J connectivity index is 2.34. The molecule has 1 N–H and O–H groups in total. The van der Waals surface area contributed by atoms with Crippen LogP contribution in [0, 0.1) is 0 Å². The first-order valence-corrected chi connectivity index (χ1v) is 3.86. The predicted molar refractivity (Wildman–Crippen MR) is 39.2 cm³/mol. The fourth-order valence-electron chi connectivity index (χ4n) is 0.785. The zero-order valence-corrected chi connectivity index (χ0v) is 7.11. The fraction of sp³-hybridized carbons (Fsp3) is 0.714. The highest BCUT2D eigenvalue weighted by atomic mass is 16.8. The first kappa shape index (κ1) is 9.63. The summed E-state index contributed by atoms with van der Waals surface area (Å²) in [6.45, 7) is 1.81. The number of rotatable bonds is 3. The van der Waals surface area contributed by atoms with E-state index in [-0.39, 0.29) is 6.61 Å². The summed E-state index contributed by atoms with van der Waals surface area (Å²) in [7, 11) is 0. The molecule has 0 saturated heterocycles. The maximum absolute atomic E-state index is 10.8. The van der Waals surface area contributed by atoms with Crippen LogP contribution < -0.4 is 0 Å². The van der Waals surface area contributed by atoms with Gasteiger partial charge in [0, 0.05) is 12.8 Å². The molecule has 0 radical (unpaired) electrons. The zero-order valence-electron chi connectivity index (χ0n) is 7.11. The summed E-state index contributed by atoms with van der Waals surface area (Å²) in [6, 6.07) is 0. The topological polar surface area (TPSA) is 82.1 Å². The standard InChI is InChI=1S/C7H10O6/c1-2-11-6(10)13-7(3-4-7)12-5(8)9/h2-4H2,1H3,(H,8,9). The molecule has 0 unspecified atom stereocenters. The Hall–Kier alpha value is -1.46. The van der Waals surface area contributed by atoms with Gasteiger partial charge in [-0.3, -0.25) is 0 Å². The molecule has 0 spiro atoms. The van der Waals surface area contributed by atoms with E-state index < -0.39 is 18.1 Å². The van der Waals surface area contributed by atoms with E-state index in [0.29, 0.717) is 12.8 Å². The van der Waals surface area contributed by atoms with Crippen molar-refractivity contribution in [2.75, 3.05) is 6.61 Å². The maximum atomic E-state index is 10.8. The van der Waals surface area contributed by atoms with Crippen LogP contribution in [0.15, 0.2) is 0 Å². The van der Waals surface area contributed by atoms with Crippen LogP contribution in [0.5, 0.6) is 0 Å². The van der Waals surface area contributed by atoms with Crippen molar-refractivity contribution in [3.05, 3.63) is 0 Å². The van der Waals surface area contributed by atoms with Crippen molar-refractivity contribution in [2.24, 2.45) is 0 Å². The van der Waals surface area contributed by atoms with Crippen molar-refractivity contribution >= 4 is 12.3 Å². The minimum absolute atomic E-state index is 0.183. The molecule has 13 heavy (non-hydrogen) atoms. The lowest BCUT2D eigenvalue weighted by Gasteiger charge is -2.13. The van der Waals surface area contributed by atoms with Crippen molar-refractivity contribution < 1.29 is 28.9 Å². The van der Waals surface area contributed by atoms with Gasteiger partial charge in [0.25, 0.3) is 5.79 Å². The van der Waals surface area contributed by atoms with Crippen LogP contribution in [-0.4, -0.2) is 29.8 Å². The van der Waals surface area contributed by atoms with Gasteiger partial charge in [0.2, 0.25) is 0 Å². The SMILES string of the molecule is CCOC(=O)OC1(OC(=O)O)CC1. The number of hydrogen-bond acceptors (Lipinski definition) is 5. The number of ether oxygens (including phenoxy) is 3. The van der Waals surface area contributed by atoms with Gasteiger partial charge in [-0.25, -0.2) is 9.59 Å². The first-order valence-electron chi connectivity index (χ1n) is 3.86. The van der Waals surface area contributed by atoms with Crippen molar-refractivity contribution in [3.8, 4) is 0 Å². The van der Waals surface area contributed by atoms with E-state index in [1.807, 2.05) is 0 Å². The number of carbonyl (C=O) groups is 2. The van der Waals surface area contributed by atoms with Gasteiger partial charge in [0.15, 0.2) is 0 Å². The third kappa shape index (κ3) is 2.81. The van der Waals surface area contributed by atoms with Gasteiger partial charge < -0.3 is 19.3 Å². The Labute approximate surface area is 74.4 Å². The van der Waals surface area contributed by atoms with E-state index in [1.54, 1.807) is 6.92 Å². The largest absolute Gasteiger partial charge is 0.511 e. The quantitative estimate of drug-likeness (QED) is 0.534. The molecule has 0 bridgehead atoms. The van der Waals surface area contributed by atoms with E-state index in [0.717, 1.165) is 0 Å². The first-order chi connectivity index (χ1) is 6.08. The molecule has 0 aliphatic heterocycles. The smallest absolute Gasteiger partial charge is 0.450 e. The minimum atomic E-state index is -1.46. The second-order valence-electron chi connectivity index (χ2n) is 2.56. The Morgan fingerprint density at radius 3 is 2.38 bits per heavy atom. The lowest BCUT2D eigenvalue weighted by molar-refractivity contribution is -0.117. The van der Waals surface area contributed by atoms with E-state index in [4.69, 9.17) is 5.11 Å². The van der Waals surface area contributed by atoms with Crippen molar-refractivity contribution in [1.29, 1.82) is 0 Å². The van der Waals surface area contributed by atoms with Crippen molar-refractivity contribution in [1.82, 2.24) is 0 Å². The summed E-state index contributed by atoms with van der Waals surface area (Å²) >= 11 is 0. The molecule has 1 fully saturated rings. The molecule has 1 rings (SSSR count). The summed E-state index contributed by atoms with van der Waals surface area (Å²) in [4.78, 5) is 20.9. The molecule has 74 valence electrons. The van der Waals surface area contributed by atoms with Crippen molar-refractivity contribution in [3.63, 3.8) is 0 Å². The molecule has 1 saturated carbocycles. The van der Waals surface area contributed by atoms with Crippen LogP contribution in [0.2, 0.25) is 0 Å². The van der Waals surface area contributed by atoms with Gasteiger partial charge in [-0.05, 0) is 6.92 Å². The third-order valence-corrected chi connectivity index (χ3v) is 1.46. The van der Waals surface area contributed by atoms with Gasteiger partial charge in [0.05, 0.1) is 6.61 Å². The van der Waals surface area contributed by atoms with E-state index in [9.17, 15) is 9.59 Å². The van der Waals surface area contributed by atoms with E-state index >= 15 is 0 Å². The molecule has 6 heteroatoms. The summed E-state index contributed by atoms with van der Waals surface area (Å²) in [6.07, 6.45) is -1.58. The van der Waals surface area contributed by atoms with Crippen LogP contribution in [0.4, 0.5) is 9.59 Å². The highest BCUT2D eigenvalue weighted by Crippen LogP contribution is 2.41. The van der Waals surface area contributed by atoms with Crippen molar-refractivity contribution in [2.45, 2.75) is 25.6 Å². The summed E-state index contributed by atoms with van der Waals surface area (Å²) in [5, 5.41) is 8.28. The number of carboxylic acid groups (broad SMARTS) is 1. The molecule has 0 aromatic carbocycles. The van der Waals surface area contributed by atoms with Gasteiger partial charge in [0.1, 0.15) is 0 Å². The molecule has 0 aromatic rings. The van der Waals surface area contributed by atoms with E-state index in [1.165, 1.54) is 0 Å². The Bertz CT molecular complexity index is 219. The third-order valence-electron chi connectivity index (χ3n) is 1.46. The summed E-state index contributed by atoms with van der Waals surface area (Å²) < 4.78 is 13.5. The minimum Gasteiger partial charge on any atom is -0.450 e. The van der Waals surface area contributed by atoms with Gasteiger partial charge >= 0.3 is 12.3 Å². The molecule has 0 heterocycles. The second kappa shape index (κ2) is 3.51. The number of carbonyl (C=O) groups excluding carboxylic acids is 1. The van der Waals surface area contributed by atoms with Gasteiger partial charge in [-0.1, -0.05) is 0 Å². The lowest BCUT2D eigenvalue weighted by Crippen LogP contribution is -2.25. The van der Waals surface area contributed by atoms with Crippen LogP contribution >= 0.6 is 0 Å². The van der Waals surface area contributed by atoms with Gasteiger partial charge in [-0.2, -0.15) is 0 Å². The highest BCUT2D eigenvalue weighted by Gasteiger charge is 2.52. The Kier molecular flexibility index (Phi) is 2.60. The predicted octanol–water partition coefficient (Wildman–Crippen LogP) is 1.34. The molecule has 0 atom stereocenters. The average molecular weight is 190 g/mol. The zero-order chi connectivity index (χ0) is 9.90. The van der Waals surface area contributed by atoms with Crippen LogP contribution in [-0.2, 0) is 14.2 Å². The molecule has 1 aliphatic carbocycles. The summed E-state index contributed by atoms with van der Waals surface area (Å²) in [5.74, 6) is -1.28. The second-order valence-corrected chi connectivity index (χ2v) is 2.56. The maximum Gasteiger partial charge on any atom is 0.511 e.